The second-order valence-electron chi connectivity index (χ2n) is 2.85. The fraction of sp³-hybridized carbons (Fsp3) is 0.714. The topological polar surface area (TPSA) is 64.9 Å². The molecule has 0 saturated heterocycles. The van der Waals surface area contributed by atoms with Crippen LogP contribution in [0.3, 0.4) is 0 Å². The van der Waals surface area contributed by atoms with Gasteiger partial charge in [0, 0.05) is 0 Å². The molecule has 80 valence electrons. The van der Waals surface area contributed by atoms with Crippen LogP contribution in [0.1, 0.15) is 31.1 Å². The van der Waals surface area contributed by atoms with Crippen LogP contribution in [-0.4, -0.2) is 16.3 Å². The Morgan fingerprint density at radius 1 is 1.50 bits per heavy atom. The quantitative estimate of drug-likeness (QED) is 0.820. The SMILES string of the molecule is CCC(N)c1noc(CC(F)(F)F)n1. The van der Waals surface area contributed by atoms with Gasteiger partial charge in [-0.05, 0) is 6.42 Å². The summed E-state index contributed by atoms with van der Waals surface area (Å²) in [5.41, 5.74) is 5.51. The average molecular weight is 209 g/mol. The van der Waals surface area contributed by atoms with Gasteiger partial charge in [-0.25, -0.2) is 0 Å². The van der Waals surface area contributed by atoms with Crippen LogP contribution in [0.5, 0.6) is 0 Å². The van der Waals surface area contributed by atoms with Crippen molar-refractivity contribution in [3.8, 4) is 0 Å². The van der Waals surface area contributed by atoms with Crippen molar-refractivity contribution in [2.24, 2.45) is 5.73 Å². The Morgan fingerprint density at radius 3 is 2.64 bits per heavy atom. The van der Waals surface area contributed by atoms with Crippen molar-refractivity contribution in [1.29, 1.82) is 0 Å². The molecule has 0 aromatic carbocycles. The van der Waals surface area contributed by atoms with Gasteiger partial charge in [0.15, 0.2) is 5.82 Å². The molecule has 0 amide bonds. The van der Waals surface area contributed by atoms with E-state index in [0.717, 1.165) is 0 Å². The molecule has 2 N–H and O–H groups in total. The predicted molar refractivity (Wildman–Crippen MR) is 41.3 cm³/mol. The second kappa shape index (κ2) is 3.95. The van der Waals surface area contributed by atoms with Crippen LogP contribution < -0.4 is 5.73 Å². The number of hydrogen-bond donors (Lipinski definition) is 1. The minimum atomic E-state index is -4.33. The summed E-state index contributed by atoms with van der Waals surface area (Å²) in [5.74, 6) is -0.330. The van der Waals surface area contributed by atoms with Gasteiger partial charge in [0.25, 0.3) is 0 Å². The monoisotopic (exact) mass is 209 g/mol. The van der Waals surface area contributed by atoms with E-state index in [1.165, 1.54) is 0 Å². The molecule has 4 nitrogen and oxygen atoms in total. The highest BCUT2D eigenvalue weighted by Crippen LogP contribution is 2.21. The molecule has 0 aliphatic heterocycles. The third-order valence-corrected chi connectivity index (χ3v) is 1.61. The molecular weight excluding hydrogens is 199 g/mol. The van der Waals surface area contributed by atoms with E-state index in [9.17, 15) is 13.2 Å². The van der Waals surface area contributed by atoms with E-state index in [4.69, 9.17) is 5.73 Å². The van der Waals surface area contributed by atoms with Gasteiger partial charge in [-0.15, -0.1) is 0 Å². The molecule has 1 rings (SSSR count). The second-order valence-corrected chi connectivity index (χ2v) is 2.85. The number of nitrogens with zero attached hydrogens (tertiary/aromatic N) is 2. The van der Waals surface area contributed by atoms with Crippen LogP contribution in [0, 0.1) is 0 Å². The number of rotatable bonds is 3. The average Bonchev–Trinajstić information content (AvgIpc) is 2.48. The van der Waals surface area contributed by atoms with Crippen LogP contribution in [-0.2, 0) is 6.42 Å². The summed E-state index contributed by atoms with van der Waals surface area (Å²) in [6.45, 7) is 1.78. The molecule has 0 aliphatic carbocycles. The minimum Gasteiger partial charge on any atom is -0.339 e. The molecule has 0 saturated carbocycles. The van der Waals surface area contributed by atoms with Crippen molar-refractivity contribution in [2.45, 2.75) is 32.0 Å². The lowest BCUT2D eigenvalue weighted by Gasteiger charge is -2.01. The zero-order valence-electron chi connectivity index (χ0n) is 7.51. The maximum absolute atomic E-state index is 11.9. The summed E-state index contributed by atoms with van der Waals surface area (Å²) in [7, 11) is 0. The van der Waals surface area contributed by atoms with Crippen molar-refractivity contribution in [3.05, 3.63) is 11.7 Å². The summed E-state index contributed by atoms with van der Waals surface area (Å²) in [5, 5.41) is 3.36. The van der Waals surface area contributed by atoms with E-state index in [1.54, 1.807) is 6.92 Å². The van der Waals surface area contributed by atoms with Crippen LogP contribution in [0.4, 0.5) is 13.2 Å². The van der Waals surface area contributed by atoms with Crippen molar-refractivity contribution >= 4 is 0 Å². The minimum absolute atomic E-state index is 0.117. The lowest BCUT2D eigenvalue weighted by molar-refractivity contribution is -0.131. The van der Waals surface area contributed by atoms with Gasteiger partial charge in [0.2, 0.25) is 5.89 Å². The van der Waals surface area contributed by atoms with Gasteiger partial charge in [-0.2, -0.15) is 18.2 Å². The van der Waals surface area contributed by atoms with Crippen LogP contribution in [0.25, 0.3) is 0 Å². The lowest BCUT2D eigenvalue weighted by atomic mass is 10.2. The Bertz CT molecular complexity index is 297. The normalized spacial score (nSPS) is 14.4. The Morgan fingerprint density at radius 2 is 2.14 bits per heavy atom. The molecule has 1 heterocycles. The first-order valence-electron chi connectivity index (χ1n) is 4.07. The van der Waals surface area contributed by atoms with Gasteiger partial charge in [0.05, 0.1) is 6.04 Å². The standard InChI is InChI=1S/C7H10F3N3O/c1-2-4(11)6-12-5(14-13-6)3-7(8,9)10/h4H,2-3,11H2,1H3. The molecule has 1 unspecified atom stereocenters. The summed E-state index contributed by atoms with van der Waals surface area (Å²) in [4.78, 5) is 3.54. The van der Waals surface area contributed by atoms with Crippen molar-refractivity contribution in [2.75, 3.05) is 0 Å². The third kappa shape index (κ3) is 2.99. The van der Waals surface area contributed by atoms with Gasteiger partial charge >= 0.3 is 6.18 Å². The van der Waals surface area contributed by atoms with E-state index in [2.05, 4.69) is 14.7 Å². The largest absolute Gasteiger partial charge is 0.397 e. The smallest absolute Gasteiger partial charge is 0.339 e. The number of hydrogen-bond acceptors (Lipinski definition) is 4. The van der Waals surface area contributed by atoms with Gasteiger partial charge in [-0.1, -0.05) is 12.1 Å². The molecule has 7 heteroatoms. The Labute approximate surface area is 78.3 Å². The van der Waals surface area contributed by atoms with E-state index in [-0.39, 0.29) is 5.82 Å². The highest BCUT2D eigenvalue weighted by Gasteiger charge is 2.31. The van der Waals surface area contributed by atoms with Gasteiger partial charge < -0.3 is 10.3 Å². The zero-order valence-corrected chi connectivity index (χ0v) is 7.51. The maximum Gasteiger partial charge on any atom is 0.397 e. The molecular formula is C7H10F3N3O. The molecule has 1 atom stereocenters. The molecule has 1 aromatic rings. The number of nitrogens with two attached hydrogens (primary N) is 1. The number of halogens is 3. The van der Waals surface area contributed by atoms with Crippen LogP contribution in [0.15, 0.2) is 4.52 Å². The highest BCUT2D eigenvalue weighted by molar-refractivity contribution is 4.93. The fourth-order valence-corrected chi connectivity index (χ4v) is 0.844. The molecule has 0 radical (unpaired) electrons. The number of alkyl halides is 3. The van der Waals surface area contributed by atoms with Crippen molar-refractivity contribution in [3.63, 3.8) is 0 Å². The van der Waals surface area contributed by atoms with E-state index >= 15 is 0 Å². The predicted octanol–water partition coefficient (Wildman–Crippen LogP) is 1.58. The molecule has 0 spiro atoms. The lowest BCUT2D eigenvalue weighted by Crippen LogP contribution is -2.13. The van der Waals surface area contributed by atoms with Gasteiger partial charge in [0.1, 0.15) is 6.42 Å². The van der Waals surface area contributed by atoms with E-state index in [0.29, 0.717) is 6.42 Å². The highest BCUT2D eigenvalue weighted by atomic mass is 19.4. The maximum atomic E-state index is 11.9. The summed E-state index contributed by atoms with van der Waals surface area (Å²) in [6.07, 6.45) is -5.00. The number of aromatic nitrogens is 2. The molecule has 0 aliphatic rings. The first kappa shape index (κ1) is 11.0. The summed E-state index contributed by atoms with van der Waals surface area (Å²) >= 11 is 0. The molecule has 0 fully saturated rings. The summed E-state index contributed by atoms with van der Waals surface area (Å²) < 4.78 is 40.0. The van der Waals surface area contributed by atoms with Gasteiger partial charge in [-0.3, -0.25) is 0 Å². The van der Waals surface area contributed by atoms with Crippen LogP contribution in [0.2, 0.25) is 0 Å². The van der Waals surface area contributed by atoms with Crippen LogP contribution >= 0.6 is 0 Å². The molecule has 1 aromatic heterocycles. The first-order valence-corrected chi connectivity index (χ1v) is 4.07. The van der Waals surface area contributed by atoms with E-state index in [1.807, 2.05) is 0 Å². The molecule has 14 heavy (non-hydrogen) atoms. The Kier molecular flexibility index (Phi) is 3.10. The third-order valence-electron chi connectivity index (χ3n) is 1.61. The molecule has 0 bridgehead atoms. The zero-order chi connectivity index (χ0) is 10.8. The summed E-state index contributed by atoms with van der Waals surface area (Å²) in [6, 6.07) is -0.472. The van der Waals surface area contributed by atoms with Crippen molar-refractivity contribution < 1.29 is 17.7 Å². The van der Waals surface area contributed by atoms with Crippen molar-refractivity contribution in [1.82, 2.24) is 10.1 Å². The van der Waals surface area contributed by atoms with E-state index < -0.39 is 24.5 Å². The Hall–Kier alpha value is -1.11. The first-order chi connectivity index (χ1) is 6.42. The fourth-order valence-electron chi connectivity index (χ4n) is 0.844. The Balaban J connectivity index is 2.69.